The van der Waals surface area contributed by atoms with Crippen LogP contribution in [0.5, 0.6) is 0 Å². The third-order valence-electron chi connectivity index (χ3n) is 2.51. The van der Waals surface area contributed by atoms with Gasteiger partial charge in [-0.3, -0.25) is 4.79 Å². The minimum Gasteiger partial charge on any atom is -0.369 e. The number of hydrogen-bond donors (Lipinski definition) is 2. The molecule has 1 aliphatic rings. The fourth-order valence-corrected chi connectivity index (χ4v) is 2.78. The molecule has 0 aliphatic carbocycles. The molecule has 17 heavy (non-hydrogen) atoms. The second-order valence-corrected chi connectivity index (χ2v) is 5.00. The third-order valence-corrected chi connectivity index (χ3v) is 3.67. The second kappa shape index (κ2) is 5.86. The van der Waals surface area contributed by atoms with Crippen molar-refractivity contribution in [2.24, 2.45) is 0 Å². The molecule has 92 valence electrons. The Bertz CT molecular complexity index is 376. The number of nitrogens with one attached hydrogen (secondary N) is 2. The summed E-state index contributed by atoms with van der Waals surface area (Å²) in [7, 11) is 0. The predicted molar refractivity (Wildman–Crippen MR) is 69.4 cm³/mol. The van der Waals surface area contributed by atoms with Gasteiger partial charge in [0.1, 0.15) is 11.5 Å². The monoisotopic (exact) mass is 252 g/mol. The van der Waals surface area contributed by atoms with E-state index in [0.717, 1.165) is 24.5 Å². The van der Waals surface area contributed by atoms with Gasteiger partial charge in [0, 0.05) is 18.3 Å². The van der Waals surface area contributed by atoms with Crippen molar-refractivity contribution in [3.63, 3.8) is 0 Å². The first-order valence-electron chi connectivity index (χ1n) is 5.74. The number of carbonyl (C=O) groups excluding carboxylic acids is 1. The Balaban J connectivity index is 1.93. The van der Waals surface area contributed by atoms with Gasteiger partial charge in [-0.25, -0.2) is 9.97 Å². The van der Waals surface area contributed by atoms with Gasteiger partial charge in [-0.1, -0.05) is 0 Å². The minimum absolute atomic E-state index is 0.131. The zero-order valence-electron chi connectivity index (χ0n) is 9.77. The van der Waals surface area contributed by atoms with Gasteiger partial charge in [0.05, 0.1) is 12.4 Å². The smallest absolute Gasteiger partial charge is 0.271 e. The van der Waals surface area contributed by atoms with Gasteiger partial charge in [-0.2, -0.15) is 11.8 Å². The summed E-state index contributed by atoms with van der Waals surface area (Å²) in [6.45, 7) is 2.78. The van der Waals surface area contributed by atoms with Gasteiger partial charge in [0.15, 0.2) is 0 Å². The Kier molecular flexibility index (Phi) is 4.19. The lowest BCUT2D eigenvalue weighted by atomic mass is 10.2. The van der Waals surface area contributed by atoms with E-state index in [1.807, 2.05) is 18.7 Å². The van der Waals surface area contributed by atoms with Crippen LogP contribution in [0.3, 0.4) is 0 Å². The van der Waals surface area contributed by atoms with E-state index in [9.17, 15) is 4.79 Å². The molecule has 0 aromatic carbocycles. The standard InChI is InChI=1S/C11H16N4OS/c1-2-12-10-6-13-9(5-14-10)11(16)15-8-3-4-17-7-8/h5-6,8H,2-4,7H2,1H3,(H,12,14)(H,15,16). The first-order valence-corrected chi connectivity index (χ1v) is 6.89. The Labute approximate surface area is 105 Å². The molecule has 5 nitrogen and oxygen atoms in total. The molecule has 1 aliphatic heterocycles. The van der Waals surface area contributed by atoms with E-state index in [2.05, 4.69) is 20.6 Å². The number of amides is 1. The van der Waals surface area contributed by atoms with Crippen LogP contribution in [0.4, 0.5) is 5.82 Å². The van der Waals surface area contributed by atoms with Crippen molar-refractivity contribution in [1.82, 2.24) is 15.3 Å². The Hall–Kier alpha value is -1.30. The van der Waals surface area contributed by atoms with E-state index in [0.29, 0.717) is 11.5 Å². The molecule has 0 bridgehead atoms. The average molecular weight is 252 g/mol. The van der Waals surface area contributed by atoms with Crippen molar-refractivity contribution < 1.29 is 4.79 Å². The molecule has 2 N–H and O–H groups in total. The van der Waals surface area contributed by atoms with E-state index >= 15 is 0 Å². The van der Waals surface area contributed by atoms with Gasteiger partial charge in [-0.05, 0) is 19.1 Å². The summed E-state index contributed by atoms with van der Waals surface area (Å²) in [4.78, 5) is 20.0. The SMILES string of the molecule is CCNc1cnc(C(=O)NC2CCSC2)cn1. The van der Waals surface area contributed by atoms with Gasteiger partial charge < -0.3 is 10.6 Å². The molecular weight excluding hydrogens is 236 g/mol. The second-order valence-electron chi connectivity index (χ2n) is 3.85. The van der Waals surface area contributed by atoms with Crippen LogP contribution in [0, 0.1) is 0 Å². The normalized spacial score (nSPS) is 19.0. The highest BCUT2D eigenvalue weighted by atomic mass is 32.2. The van der Waals surface area contributed by atoms with E-state index in [4.69, 9.17) is 0 Å². The fraction of sp³-hybridized carbons (Fsp3) is 0.545. The van der Waals surface area contributed by atoms with Crippen molar-refractivity contribution in [3.05, 3.63) is 18.1 Å². The summed E-state index contributed by atoms with van der Waals surface area (Å²) >= 11 is 1.87. The van der Waals surface area contributed by atoms with Crippen LogP contribution in [0.15, 0.2) is 12.4 Å². The van der Waals surface area contributed by atoms with Crippen molar-refractivity contribution in [1.29, 1.82) is 0 Å². The third kappa shape index (κ3) is 3.33. The maximum absolute atomic E-state index is 11.8. The topological polar surface area (TPSA) is 66.9 Å². The van der Waals surface area contributed by atoms with Crippen LogP contribution in [-0.2, 0) is 0 Å². The molecule has 6 heteroatoms. The van der Waals surface area contributed by atoms with Crippen LogP contribution in [0.2, 0.25) is 0 Å². The maximum Gasteiger partial charge on any atom is 0.271 e. The number of carbonyl (C=O) groups is 1. The maximum atomic E-state index is 11.8. The first-order chi connectivity index (χ1) is 8.29. The van der Waals surface area contributed by atoms with E-state index in [1.54, 1.807) is 6.20 Å². The summed E-state index contributed by atoms with van der Waals surface area (Å²) in [5.74, 6) is 2.68. The molecule has 0 spiro atoms. The highest BCUT2D eigenvalue weighted by molar-refractivity contribution is 7.99. The summed E-state index contributed by atoms with van der Waals surface area (Å²) in [6, 6.07) is 0.280. The molecule has 1 atom stereocenters. The van der Waals surface area contributed by atoms with E-state index in [1.165, 1.54) is 6.20 Å². The molecule has 0 saturated carbocycles. The molecule has 1 aromatic rings. The Morgan fingerprint density at radius 3 is 3.00 bits per heavy atom. The zero-order chi connectivity index (χ0) is 12.1. The Morgan fingerprint density at radius 1 is 1.53 bits per heavy atom. The number of hydrogen-bond acceptors (Lipinski definition) is 5. The van der Waals surface area contributed by atoms with Crippen molar-refractivity contribution >= 4 is 23.5 Å². The molecule has 1 amide bonds. The van der Waals surface area contributed by atoms with Crippen molar-refractivity contribution in [3.8, 4) is 0 Å². The van der Waals surface area contributed by atoms with Crippen LogP contribution >= 0.6 is 11.8 Å². The summed E-state index contributed by atoms with van der Waals surface area (Å²) < 4.78 is 0. The molecule has 1 aromatic heterocycles. The van der Waals surface area contributed by atoms with E-state index in [-0.39, 0.29) is 11.9 Å². The molecular formula is C11H16N4OS. The van der Waals surface area contributed by atoms with Gasteiger partial charge >= 0.3 is 0 Å². The zero-order valence-corrected chi connectivity index (χ0v) is 10.6. The highest BCUT2D eigenvalue weighted by Gasteiger charge is 2.19. The number of rotatable bonds is 4. The Morgan fingerprint density at radius 2 is 2.41 bits per heavy atom. The average Bonchev–Trinajstić information content (AvgIpc) is 2.83. The number of nitrogens with zero attached hydrogens (tertiary/aromatic N) is 2. The largest absolute Gasteiger partial charge is 0.369 e. The summed E-state index contributed by atoms with van der Waals surface area (Å²) in [5.41, 5.74) is 0.378. The lowest BCUT2D eigenvalue weighted by Crippen LogP contribution is -2.35. The summed E-state index contributed by atoms with van der Waals surface area (Å²) in [6.07, 6.45) is 4.14. The summed E-state index contributed by atoms with van der Waals surface area (Å²) in [5, 5.41) is 6.00. The lowest BCUT2D eigenvalue weighted by Gasteiger charge is -2.10. The molecule has 0 radical (unpaired) electrons. The number of thioether (sulfide) groups is 1. The van der Waals surface area contributed by atoms with Gasteiger partial charge in [0.25, 0.3) is 5.91 Å². The molecule has 1 fully saturated rings. The predicted octanol–water partition coefficient (Wildman–Crippen LogP) is 1.14. The fourth-order valence-electron chi connectivity index (χ4n) is 1.63. The molecule has 1 unspecified atom stereocenters. The molecule has 2 rings (SSSR count). The van der Waals surface area contributed by atoms with Crippen molar-refractivity contribution in [2.45, 2.75) is 19.4 Å². The van der Waals surface area contributed by atoms with Gasteiger partial charge in [-0.15, -0.1) is 0 Å². The molecule has 1 saturated heterocycles. The molecule has 2 heterocycles. The minimum atomic E-state index is -0.131. The van der Waals surface area contributed by atoms with Crippen LogP contribution in [0.1, 0.15) is 23.8 Å². The number of anilines is 1. The first kappa shape index (κ1) is 12.2. The number of aromatic nitrogens is 2. The van der Waals surface area contributed by atoms with Gasteiger partial charge in [0.2, 0.25) is 0 Å². The van der Waals surface area contributed by atoms with Crippen LogP contribution in [-0.4, -0.2) is 40.0 Å². The lowest BCUT2D eigenvalue weighted by molar-refractivity contribution is 0.0936. The van der Waals surface area contributed by atoms with Crippen LogP contribution < -0.4 is 10.6 Å². The van der Waals surface area contributed by atoms with Crippen molar-refractivity contribution in [2.75, 3.05) is 23.4 Å². The quantitative estimate of drug-likeness (QED) is 0.841. The van der Waals surface area contributed by atoms with Crippen LogP contribution in [0.25, 0.3) is 0 Å². The van der Waals surface area contributed by atoms with E-state index < -0.39 is 0 Å². The highest BCUT2D eigenvalue weighted by Crippen LogP contribution is 2.17.